The van der Waals surface area contributed by atoms with Crippen LogP contribution in [0, 0.1) is 16.7 Å². The highest BCUT2D eigenvalue weighted by atomic mass is 16.4. The van der Waals surface area contributed by atoms with Crippen LogP contribution in [-0.4, -0.2) is 35.0 Å². The molecule has 4 nitrogen and oxygen atoms in total. The number of rotatable bonds is 3. The van der Waals surface area contributed by atoms with Gasteiger partial charge in [-0.1, -0.05) is 19.8 Å². The molecule has 1 heterocycles. The molecular formula is C16H25NO3. The van der Waals surface area contributed by atoms with E-state index in [4.69, 9.17) is 5.11 Å². The summed E-state index contributed by atoms with van der Waals surface area (Å²) in [7, 11) is 0. The highest BCUT2D eigenvalue weighted by molar-refractivity contribution is 5.83. The van der Waals surface area contributed by atoms with E-state index in [9.17, 15) is 9.59 Å². The second-order valence-corrected chi connectivity index (χ2v) is 7.09. The molecule has 0 aromatic carbocycles. The van der Waals surface area contributed by atoms with Crippen LogP contribution in [0.25, 0.3) is 0 Å². The van der Waals surface area contributed by atoms with Crippen LogP contribution in [0.5, 0.6) is 0 Å². The van der Waals surface area contributed by atoms with Crippen LogP contribution in [0.2, 0.25) is 0 Å². The van der Waals surface area contributed by atoms with Gasteiger partial charge >= 0.3 is 5.97 Å². The number of piperidine rings is 1. The molecule has 2 aliphatic carbocycles. The average molecular weight is 279 g/mol. The molecule has 3 rings (SSSR count). The smallest absolute Gasteiger partial charge is 0.307 e. The first-order valence-electron chi connectivity index (χ1n) is 8.05. The molecular weight excluding hydrogens is 254 g/mol. The molecule has 3 aliphatic rings. The van der Waals surface area contributed by atoms with Crippen molar-refractivity contribution in [3.8, 4) is 0 Å². The summed E-state index contributed by atoms with van der Waals surface area (Å²) >= 11 is 0. The summed E-state index contributed by atoms with van der Waals surface area (Å²) in [5.41, 5.74) is -0.0715. The van der Waals surface area contributed by atoms with E-state index in [1.807, 2.05) is 4.90 Å². The third-order valence-electron chi connectivity index (χ3n) is 6.23. The molecule has 112 valence electrons. The number of aliphatic carboxylic acids is 1. The minimum Gasteiger partial charge on any atom is -0.481 e. The predicted octanol–water partition coefficient (Wildman–Crippen LogP) is 2.67. The van der Waals surface area contributed by atoms with E-state index in [0.717, 1.165) is 51.6 Å². The zero-order valence-corrected chi connectivity index (χ0v) is 12.4. The quantitative estimate of drug-likeness (QED) is 0.864. The minimum absolute atomic E-state index is 0.0255. The van der Waals surface area contributed by atoms with Gasteiger partial charge in [-0.25, -0.2) is 0 Å². The summed E-state index contributed by atoms with van der Waals surface area (Å²) in [5.74, 6) is -0.447. The lowest BCUT2D eigenvalue weighted by Gasteiger charge is -2.38. The second-order valence-electron chi connectivity index (χ2n) is 7.09. The van der Waals surface area contributed by atoms with Gasteiger partial charge in [-0.2, -0.15) is 0 Å². The summed E-state index contributed by atoms with van der Waals surface area (Å²) in [6, 6.07) is 0. The maximum atomic E-state index is 12.8. The molecule has 0 aromatic heterocycles. The summed E-state index contributed by atoms with van der Waals surface area (Å²) in [4.78, 5) is 25.9. The third-order valence-corrected chi connectivity index (χ3v) is 6.23. The molecule has 3 fully saturated rings. The fourth-order valence-corrected chi connectivity index (χ4v) is 4.51. The van der Waals surface area contributed by atoms with Crippen LogP contribution < -0.4 is 0 Å². The maximum absolute atomic E-state index is 12.8. The molecule has 4 heteroatoms. The molecule has 1 amide bonds. The number of carboxylic acid groups (broad SMARTS) is 1. The molecule has 0 bridgehead atoms. The number of carbonyl (C=O) groups is 2. The normalized spacial score (nSPS) is 30.4. The van der Waals surface area contributed by atoms with E-state index < -0.39 is 5.97 Å². The van der Waals surface area contributed by atoms with Crippen molar-refractivity contribution in [2.75, 3.05) is 13.1 Å². The summed E-state index contributed by atoms with van der Waals surface area (Å²) < 4.78 is 0. The molecule has 1 aliphatic heterocycles. The predicted molar refractivity (Wildman–Crippen MR) is 75.2 cm³/mol. The van der Waals surface area contributed by atoms with Crippen molar-refractivity contribution in [1.29, 1.82) is 0 Å². The Kier molecular flexibility index (Phi) is 3.30. The Balaban J connectivity index is 1.61. The van der Waals surface area contributed by atoms with Crippen molar-refractivity contribution in [2.24, 2.45) is 16.7 Å². The van der Waals surface area contributed by atoms with Gasteiger partial charge in [0.05, 0.1) is 5.92 Å². The van der Waals surface area contributed by atoms with Crippen molar-refractivity contribution in [2.45, 2.75) is 58.3 Å². The molecule has 1 atom stereocenters. The highest BCUT2D eigenvalue weighted by Gasteiger charge is 2.59. The van der Waals surface area contributed by atoms with Crippen LogP contribution in [0.3, 0.4) is 0 Å². The van der Waals surface area contributed by atoms with Crippen molar-refractivity contribution < 1.29 is 14.7 Å². The average Bonchev–Trinajstić information content (AvgIpc) is 2.95. The van der Waals surface area contributed by atoms with Crippen LogP contribution >= 0.6 is 0 Å². The number of nitrogens with zero attached hydrogens (tertiary/aromatic N) is 1. The molecule has 1 unspecified atom stereocenters. The Hall–Kier alpha value is -1.06. The first-order valence-corrected chi connectivity index (χ1v) is 8.05. The van der Waals surface area contributed by atoms with Crippen LogP contribution in [0.15, 0.2) is 0 Å². The second kappa shape index (κ2) is 4.74. The molecule has 0 radical (unpaired) electrons. The first-order chi connectivity index (χ1) is 9.53. The Morgan fingerprint density at radius 2 is 1.75 bits per heavy atom. The van der Waals surface area contributed by atoms with Crippen LogP contribution in [0.1, 0.15) is 58.3 Å². The molecule has 1 spiro atoms. The van der Waals surface area contributed by atoms with Gasteiger partial charge in [-0.3, -0.25) is 9.59 Å². The van der Waals surface area contributed by atoms with Crippen LogP contribution in [-0.2, 0) is 9.59 Å². The van der Waals surface area contributed by atoms with E-state index in [0.29, 0.717) is 5.91 Å². The monoisotopic (exact) mass is 279 g/mol. The number of carbonyl (C=O) groups excluding carboxylic acids is 1. The maximum Gasteiger partial charge on any atom is 0.307 e. The van der Waals surface area contributed by atoms with Gasteiger partial charge in [-0.05, 0) is 43.9 Å². The number of likely N-dealkylation sites (tertiary alicyclic amines) is 1. The number of carboxylic acids is 1. The van der Waals surface area contributed by atoms with Crippen molar-refractivity contribution in [3.05, 3.63) is 0 Å². The fourth-order valence-electron chi connectivity index (χ4n) is 4.51. The van der Waals surface area contributed by atoms with E-state index in [1.165, 1.54) is 12.8 Å². The summed E-state index contributed by atoms with van der Waals surface area (Å²) in [6.45, 7) is 3.67. The van der Waals surface area contributed by atoms with Crippen molar-refractivity contribution in [1.82, 2.24) is 4.90 Å². The topological polar surface area (TPSA) is 57.6 Å². The number of amides is 1. The van der Waals surface area contributed by atoms with Gasteiger partial charge < -0.3 is 10.0 Å². The largest absolute Gasteiger partial charge is 0.481 e. The summed E-state index contributed by atoms with van der Waals surface area (Å²) in [5, 5.41) is 9.12. The Morgan fingerprint density at radius 1 is 1.15 bits per heavy atom. The van der Waals surface area contributed by atoms with Gasteiger partial charge in [0.1, 0.15) is 0 Å². The lowest BCUT2D eigenvalue weighted by atomic mass is 9.80. The van der Waals surface area contributed by atoms with Crippen molar-refractivity contribution in [3.63, 3.8) is 0 Å². The van der Waals surface area contributed by atoms with Gasteiger partial charge in [0.2, 0.25) is 5.91 Å². The Morgan fingerprint density at radius 3 is 2.20 bits per heavy atom. The highest BCUT2D eigenvalue weighted by Crippen LogP contribution is 2.59. The number of hydrogen-bond acceptors (Lipinski definition) is 2. The van der Waals surface area contributed by atoms with Crippen molar-refractivity contribution >= 4 is 11.9 Å². The SMILES string of the molecule is CCC1(C(=O)N2CCC3(CC2)CC3C(=O)O)CCCC1. The summed E-state index contributed by atoms with van der Waals surface area (Å²) in [6.07, 6.45) is 7.99. The minimum atomic E-state index is -0.648. The van der Waals surface area contributed by atoms with E-state index in [2.05, 4.69) is 6.92 Å². The number of hydrogen-bond donors (Lipinski definition) is 1. The molecule has 20 heavy (non-hydrogen) atoms. The molecule has 1 saturated heterocycles. The van der Waals surface area contributed by atoms with E-state index >= 15 is 0 Å². The lowest BCUT2D eigenvalue weighted by molar-refractivity contribution is -0.144. The van der Waals surface area contributed by atoms with E-state index in [1.54, 1.807) is 0 Å². The standard InChI is InChI=1S/C16H25NO3/c1-2-15(5-3-4-6-15)14(20)17-9-7-16(8-10-17)11-12(16)13(18)19/h12H,2-11H2,1H3,(H,18,19). The van der Waals surface area contributed by atoms with Gasteiger partial charge in [0.25, 0.3) is 0 Å². The third kappa shape index (κ3) is 2.04. The molecule has 2 saturated carbocycles. The molecule has 0 aromatic rings. The Labute approximate surface area is 120 Å². The Bertz CT molecular complexity index is 417. The van der Waals surface area contributed by atoms with E-state index in [-0.39, 0.29) is 16.7 Å². The van der Waals surface area contributed by atoms with Gasteiger partial charge in [0.15, 0.2) is 0 Å². The zero-order chi connectivity index (χ0) is 14.4. The molecule has 1 N–H and O–H groups in total. The van der Waals surface area contributed by atoms with Gasteiger partial charge in [-0.15, -0.1) is 0 Å². The lowest BCUT2D eigenvalue weighted by Crippen LogP contribution is -2.47. The first kappa shape index (κ1) is 13.9. The fraction of sp³-hybridized carbons (Fsp3) is 0.875. The van der Waals surface area contributed by atoms with Gasteiger partial charge in [0, 0.05) is 18.5 Å². The zero-order valence-electron chi connectivity index (χ0n) is 12.4. The van der Waals surface area contributed by atoms with Crippen LogP contribution in [0.4, 0.5) is 0 Å².